The minimum atomic E-state index is -0.238. The van der Waals surface area contributed by atoms with Crippen LogP contribution in [0.5, 0.6) is 0 Å². The van der Waals surface area contributed by atoms with Crippen molar-refractivity contribution in [3.05, 3.63) is 29.8 Å². The van der Waals surface area contributed by atoms with E-state index in [0.717, 1.165) is 6.42 Å². The normalized spacial score (nSPS) is 10.0. The zero-order valence-corrected chi connectivity index (χ0v) is 6.81. The van der Waals surface area contributed by atoms with Gasteiger partial charge in [-0.3, -0.25) is 4.98 Å². The van der Waals surface area contributed by atoms with Crippen molar-refractivity contribution in [1.82, 2.24) is 4.98 Å². The molecule has 3 heteroatoms. The van der Waals surface area contributed by atoms with Gasteiger partial charge in [0.05, 0.1) is 6.20 Å². The van der Waals surface area contributed by atoms with E-state index >= 15 is 0 Å². The minimum Gasteiger partial charge on any atom is -0.262 e. The van der Waals surface area contributed by atoms with Crippen molar-refractivity contribution < 1.29 is 4.39 Å². The highest BCUT2D eigenvalue weighted by molar-refractivity contribution is 6.17. The number of pyridine rings is 1. The van der Waals surface area contributed by atoms with Crippen LogP contribution in [0, 0.1) is 5.82 Å². The molecule has 0 fully saturated rings. The van der Waals surface area contributed by atoms with Crippen LogP contribution in [0.1, 0.15) is 12.0 Å². The highest BCUT2D eigenvalue weighted by Gasteiger charge is 1.98. The van der Waals surface area contributed by atoms with Crippen molar-refractivity contribution in [1.29, 1.82) is 0 Å². The number of hydrogen-bond donors (Lipinski definition) is 0. The number of aryl methyl sites for hydroxylation is 1. The van der Waals surface area contributed by atoms with Crippen molar-refractivity contribution >= 4 is 11.6 Å². The second-order valence-electron chi connectivity index (χ2n) is 2.26. The average Bonchev–Trinajstić information content (AvgIpc) is 2.03. The van der Waals surface area contributed by atoms with Crippen molar-refractivity contribution in [3.63, 3.8) is 0 Å². The van der Waals surface area contributed by atoms with Gasteiger partial charge in [0.25, 0.3) is 0 Å². The number of alkyl halides is 1. The number of hydrogen-bond acceptors (Lipinski definition) is 1. The number of rotatable bonds is 3. The molecule has 0 aromatic carbocycles. The lowest BCUT2D eigenvalue weighted by molar-refractivity contribution is 0.601. The average molecular weight is 174 g/mol. The first kappa shape index (κ1) is 8.47. The molecule has 0 bridgehead atoms. The van der Waals surface area contributed by atoms with Gasteiger partial charge in [-0.15, -0.1) is 11.6 Å². The molecule has 11 heavy (non-hydrogen) atoms. The molecule has 1 aromatic heterocycles. The monoisotopic (exact) mass is 173 g/mol. The maximum atomic E-state index is 12.8. The highest BCUT2D eigenvalue weighted by atomic mass is 35.5. The summed E-state index contributed by atoms with van der Waals surface area (Å²) in [5, 5.41) is 0. The lowest BCUT2D eigenvalue weighted by Crippen LogP contribution is -1.91. The molecule has 0 atom stereocenters. The van der Waals surface area contributed by atoms with Gasteiger partial charge in [-0.25, -0.2) is 4.39 Å². The van der Waals surface area contributed by atoms with Crippen LogP contribution in [-0.4, -0.2) is 10.9 Å². The van der Waals surface area contributed by atoms with Gasteiger partial charge in [0.15, 0.2) is 0 Å². The van der Waals surface area contributed by atoms with Gasteiger partial charge in [-0.2, -0.15) is 0 Å². The number of aromatic nitrogens is 1. The summed E-state index contributed by atoms with van der Waals surface area (Å²) < 4.78 is 12.8. The molecule has 0 saturated carbocycles. The predicted octanol–water partition coefficient (Wildman–Crippen LogP) is 2.39. The Hall–Kier alpha value is -0.630. The Balaban J connectivity index is 2.62. The van der Waals surface area contributed by atoms with E-state index in [1.54, 1.807) is 12.3 Å². The van der Waals surface area contributed by atoms with Crippen molar-refractivity contribution in [3.8, 4) is 0 Å². The maximum absolute atomic E-state index is 12.8. The molecule has 1 heterocycles. The maximum Gasteiger partial charge on any atom is 0.144 e. The second kappa shape index (κ2) is 4.29. The van der Waals surface area contributed by atoms with Crippen LogP contribution in [-0.2, 0) is 6.42 Å². The first-order chi connectivity index (χ1) is 5.34. The van der Waals surface area contributed by atoms with E-state index in [4.69, 9.17) is 11.6 Å². The zero-order chi connectivity index (χ0) is 8.10. The molecule has 1 rings (SSSR count). The van der Waals surface area contributed by atoms with Gasteiger partial charge >= 0.3 is 0 Å². The molecule has 0 aliphatic heterocycles. The quantitative estimate of drug-likeness (QED) is 0.640. The molecule has 60 valence electrons. The summed E-state index contributed by atoms with van der Waals surface area (Å²) in [7, 11) is 0. The third kappa shape index (κ3) is 2.46. The Kier molecular flexibility index (Phi) is 3.30. The summed E-state index contributed by atoms with van der Waals surface area (Å²) in [6.07, 6.45) is 4.32. The topological polar surface area (TPSA) is 12.9 Å². The van der Waals surface area contributed by atoms with E-state index in [0.29, 0.717) is 17.9 Å². The number of halogens is 2. The summed E-state index contributed by atoms with van der Waals surface area (Å²) >= 11 is 5.47. The standard InChI is InChI=1S/C8H9ClFN/c9-4-1-2-7-3-5-11-6-8(7)10/h3,5-6H,1-2,4H2. The summed E-state index contributed by atoms with van der Waals surface area (Å²) in [6.45, 7) is 0. The fourth-order valence-electron chi connectivity index (χ4n) is 0.864. The van der Waals surface area contributed by atoms with Crippen LogP contribution < -0.4 is 0 Å². The van der Waals surface area contributed by atoms with Gasteiger partial charge in [0.1, 0.15) is 5.82 Å². The molecular weight excluding hydrogens is 165 g/mol. The van der Waals surface area contributed by atoms with Gasteiger partial charge < -0.3 is 0 Å². The van der Waals surface area contributed by atoms with E-state index in [1.165, 1.54) is 6.20 Å². The fourth-order valence-corrected chi connectivity index (χ4v) is 0.998. The van der Waals surface area contributed by atoms with Crippen molar-refractivity contribution in [2.24, 2.45) is 0 Å². The van der Waals surface area contributed by atoms with Gasteiger partial charge in [-0.05, 0) is 24.5 Å². The summed E-state index contributed by atoms with van der Waals surface area (Å²) in [5.41, 5.74) is 0.695. The first-order valence-electron chi connectivity index (χ1n) is 3.49. The molecule has 0 spiro atoms. The second-order valence-corrected chi connectivity index (χ2v) is 2.64. The summed E-state index contributed by atoms with van der Waals surface area (Å²) in [5.74, 6) is 0.333. The minimum absolute atomic E-state index is 0.238. The Morgan fingerprint density at radius 1 is 1.55 bits per heavy atom. The van der Waals surface area contributed by atoms with Crippen LogP contribution >= 0.6 is 11.6 Å². The van der Waals surface area contributed by atoms with E-state index in [2.05, 4.69) is 4.98 Å². The lowest BCUT2D eigenvalue weighted by atomic mass is 10.1. The molecule has 0 saturated heterocycles. The predicted molar refractivity (Wildman–Crippen MR) is 43.2 cm³/mol. The van der Waals surface area contributed by atoms with E-state index < -0.39 is 0 Å². The van der Waals surface area contributed by atoms with E-state index in [1.807, 2.05) is 0 Å². The van der Waals surface area contributed by atoms with E-state index in [9.17, 15) is 4.39 Å². The van der Waals surface area contributed by atoms with Crippen LogP contribution in [0.25, 0.3) is 0 Å². The van der Waals surface area contributed by atoms with Crippen LogP contribution in [0.15, 0.2) is 18.5 Å². The molecule has 0 aliphatic rings. The third-order valence-corrected chi connectivity index (χ3v) is 1.70. The molecule has 1 nitrogen and oxygen atoms in total. The molecule has 0 aliphatic carbocycles. The van der Waals surface area contributed by atoms with E-state index in [-0.39, 0.29) is 5.82 Å². The molecule has 0 unspecified atom stereocenters. The molecule has 1 aromatic rings. The largest absolute Gasteiger partial charge is 0.262 e. The summed E-state index contributed by atoms with van der Waals surface area (Å²) in [6, 6.07) is 1.68. The third-order valence-electron chi connectivity index (χ3n) is 1.44. The Morgan fingerprint density at radius 2 is 2.36 bits per heavy atom. The smallest absolute Gasteiger partial charge is 0.144 e. The SMILES string of the molecule is Fc1cnccc1CCCCl. The van der Waals surface area contributed by atoms with Crippen LogP contribution in [0.3, 0.4) is 0 Å². The van der Waals surface area contributed by atoms with Crippen molar-refractivity contribution in [2.75, 3.05) is 5.88 Å². The Bertz CT molecular complexity index is 227. The molecular formula is C8H9ClFN. The van der Waals surface area contributed by atoms with Gasteiger partial charge in [-0.1, -0.05) is 0 Å². The fraction of sp³-hybridized carbons (Fsp3) is 0.375. The Morgan fingerprint density at radius 3 is 3.00 bits per heavy atom. The Labute approximate surface area is 70.2 Å². The number of nitrogens with zero attached hydrogens (tertiary/aromatic N) is 1. The van der Waals surface area contributed by atoms with Gasteiger partial charge in [0.2, 0.25) is 0 Å². The van der Waals surface area contributed by atoms with Crippen LogP contribution in [0.2, 0.25) is 0 Å². The lowest BCUT2D eigenvalue weighted by Gasteiger charge is -1.98. The molecule has 0 radical (unpaired) electrons. The van der Waals surface area contributed by atoms with Gasteiger partial charge in [0, 0.05) is 12.1 Å². The molecule has 0 N–H and O–H groups in total. The highest BCUT2D eigenvalue weighted by Crippen LogP contribution is 2.07. The zero-order valence-electron chi connectivity index (χ0n) is 6.06. The first-order valence-corrected chi connectivity index (χ1v) is 4.02. The summed E-state index contributed by atoms with van der Waals surface area (Å²) in [4.78, 5) is 3.65. The van der Waals surface area contributed by atoms with Crippen molar-refractivity contribution in [2.45, 2.75) is 12.8 Å². The molecule has 0 amide bonds. The van der Waals surface area contributed by atoms with Crippen LogP contribution in [0.4, 0.5) is 4.39 Å².